The normalized spacial score (nSPS) is 15.1. The van der Waals surface area contributed by atoms with Crippen LogP contribution in [0.5, 0.6) is 0 Å². The average Bonchev–Trinajstić information content (AvgIpc) is 3.60. The molecular formula is C30H26N3S3+. The van der Waals surface area contributed by atoms with Crippen molar-refractivity contribution in [1.29, 1.82) is 0 Å². The van der Waals surface area contributed by atoms with E-state index < -0.39 is 0 Å². The number of hydrogen-bond acceptors (Lipinski definition) is 5. The minimum atomic E-state index is 0.939. The molecule has 0 unspecified atom stereocenters. The fourth-order valence-electron chi connectivity index (χ4n) is 4.52. The molecule has 0 aliphatic carbocycles. The van der Waals surface area contributed by atoms with Gasteiger partial charge < -0.3 is 4.90 Å². The predicted molar refractivity (Wildman–Crippen MR) is 158 cm³/mol. The van der Waals surface area contributed by atoms with Crippen LogP contribution in [0.1, 0.15) is 23.9 Å². The van der Waals surface area contributed by atoms with E-state index in [2.05, 4.69) is 120 Å². The Morgan fingerprint density at radius 3 is 2.53 bits per heavy atom. The van der Waals surface area contributed by atoms with Gasteiger partial charge in [0.1, 0.15) is 16.3 Å². The van der Waals surface area contributed by atoms with Crippen molar-refractivity contribution in [3.05, 3.63) is 106 Å². The molecule has 0 atom stereocenters. The SMILES string of the molecule is CCN1C(=CC=C(C=Cc2sc3ccccc3[n+]2CC)c2nc3ccccc3s2)Sc2ccccc21. The van der Waals surface area contributed by atoms with Crippen LogP contribution in [0.15, 0.2) is 101 Å². The zero-order valence-electron chi connectivity index (χ0n) is 20.2. The summed E-state index contributed by atoms with van der Waals surface area (Å²) >= 11 is 5.42. The zero-order chi connectivity index (χ0) is 24.5. The van der Waals surface area contributed by atoms with Crippen molar-refractivity contribution in [2.24, 2.45) is 0 Å². The Kier molecular flexibility index (Phi) is 6.48. The van der Waals surface area contributed by atoms with Crippen molar-refractivity contribution in [2.45, 2.75) is 25.3 Å². The Hall–Kier alpha value is -3.19. The Labute approximate surface area is 223 Å². The van der Waals surface area contributed by atoms with Gasteiger partial charge >= 0.3 is 0 Å². The topological polar surface area (TPSA) is 20.0 Å². The first-order chi connectivity index (χ1) is 17.7. The van der Waals surface area contributed by atoms with Gasteiger partial charge in [0, 0.05) is 29.2 Å². The Balaban J connectivity index is 1.43. The molecular weight excluding hydrogens is 499 g/mol. The van der Waals surface area contributed by atoms with Crippen LogP contribution >= 0.6 is 34.4 Å². The minimum Gasteiger partial charge on any atom is -0.335 e. The quantitative estimate of drug-likeness (QED) is 0.164. The van der Waals surface area contributed by atoms with Crippen molar-refractivity contribution >= 4 is 72.2 Å². The van der Waals surface area contributed by atoms with E-state index in [9.17, 15) is 0 Å². The van der Waals surface area contributed by atoms with Gasteiger partial charge in [-0.2, -0.15) is 4.57 Å². The van der Waals surface area contributed by atoms with Gasteiger partial charge in [0.15, 0.2) is 0 Å². The predicted octanol–water partition coefficient (Wildman–Crippen LogP) is 8.39. The number of aryl methyl sites for hydroxylation is 1. The van der Waals surface area contributed by atoms with Gasteiger partial charge in [-0.3, -0.25) is 0 Å². The molecule has 1 aliphatic rings. The van der Waals surface area contributed by atoms with E-state index in [4.69, 9.17) is 4.98 Å². The summed E-state index contributed by atoms with van der Waals surface area (Å²) in [5.74, 6) is 0. The maximum atomic E-state index is 4.98. The van der Waals surface area contributed by atoms with Crippen LogP contribution in [0.4, 0.5) is 5.69 Å². The monoisotopic (exact) mass is 524 g/mol. The Morgan fingerprint density at radius 1 is 0.917 bits per heavy atom. The summed E-state index contributed by atoms with van der Waals surface area (Å²) in [4.78, 5) is 8.67. The Morgan fingerprint density at radius 2 is 1.69 bits per heavy atom. The lowest BCUT2D eigenvalue weighted by Gasteiger charge is -2.17. The molecule has 0 radical (unpaired) electrons. The molecule has 178 valence electrons. The van der Waals surface area contributed by atoms with Gasteiger partial charge in [0.2, 0.25) is 5.52 Å². The minimum absolute atomic E-state index is 0.939. The highest BCUT2D eigenvalue weighted by atomic mass is 32.2. The van der Waals surface area contributed by atoms with Crippen molar-refractivity contribution in [1.82, 2.24) is 4.98 Å². The lowest BCUT2D eigenvalue weighted by atomic mass is 10.2. The fraction of sp³-hybridized carbons (Fsp3) is 0.133. The molecule has 0 N–H and O–H groups in total. The number of fused-ring (bicyclic) bond motifs is 3. The smallest absolute Gasteiger partial charge is 0.262 e. The van der Waals surface area contributed by atoms with E-state index in [1.54, 1.807) is 11.3 Å². The number of thiazole rings is 2. The molecule has 5 aromatic rings. The molecule has 6 rings (SSSR count). The molecule has 0 saturated heterocycles. The summed E-state index contributed by atoms with van der Waals surface area (Å²) in [5.41, 5.74) is 4.75. The van der Waals surface area contributed by atoms with Gasteiger partial charge in [0.25, 0.3) is 5.01 Å². The zero-order valence-corrected chi connectivity index (χ0v) is 22.7. The molecule has 3 heterocycles. The average molecular weight is 525 g/mol. The second-order valence-electron chi connectivity index (χ2n) is 8.41. The van der Waals surface area contributed by atoms with Crippen LogP contribution in [-0.2, 0) is 6.54 Å². The van der Waals surface area contributed by atoms with Crippen LogP contribution in [0, 0.1) is 0 Å². The summed E-state index contributed by atoms with van der Waals surface area (Å²) in [6.07, 6.45) is 8.96. The maximum absolute atomic E-state index is 4.98. The highest BCUT2D eigenvalue weighted by molar-refractivity contribution is 8.03. The Bertz CT molecular complexity index is 1620. The summed E-state index contributed by atoms with van der Waals surface area (Å²) in [6.45, 7) is 6.29. The van der Waals surface area contributed by atoms with E-state index in [1.807, 2.05) is 23.1 Å². The number of nitrogens with zero attached hydrogens (tertiary/aromatic N) is 3. The molecule has 0 amide bonds. The summed E-state index contributed by atoms with van der Waals surface area (Å²) in [5, 5.41) is 3.53. The van der Waals surface area contributed by atoms with Crippen molar-refractivity contribution < 1.29 is 4.57 Å². The van der Waals surface area contributed by atoms with E-state index in [0.717, 1.165) is 29.2 Å². The van der Waals surface area contributed by atoms with Crippen molar-refractivity contribution in [2.75, 3.05) is 11.4 Å². The molecule has 3 aromatic carbocycles. The molecule has 6 heteroatoms. The number of rotatable bonds is 6. The van der Waals surface area contributed by atoms with Gasteiger partial charge in [-0.25, -0.2) is 4.98 Å². The molecule has 0 saturated carbocycles. The van der Waals surface area contributed by atoms with E-state index in [1.165, 1.54) is 35.5 Å². The van der Waals surface area contributed by atoms with E-state index >= 15 is 0 Å². The van der Waals surface area contributed by atoms with Gasteiger partial charge in [-0.05, 0) is 62.4 Å². The van der Waals surface area contributed by atoms with Crippen molar-refractivity contribution in [3.63, 3.8) is 0 Å². The molecule has 3 nitrogen and oxygen atoms in total. The molecule has 2 aromatic heterocycles. The first-order valence-corrected chi connectivity index (χ1v) is 14.6. The van der Waals surface area contributed by atoms with Crippen LogP contribution in [0.3, 0.4) is 0 Å². The number of anilines is 1. The van der Waals surface area contributed by atoms with Gasteiger partial charge in [-0.15, -0.1) is 11.3 Å². The van der Waals surface area contributed by atoms with Gasteiger partial charge in [0.05, 0.1) is 20.9 Å². The maximum Gasteiger partial charge on any atom is 0.262 e. The third-order valence-corrected chi connectivity index (χ3v) is 9.60. The van der Waals surface area contributed by atoms with Gasteiger partial charge in [-0.1, -0.05) is 59.5 Å². The lowest BCUT2D eigenvalue weighted by Crippen LogP contribution is -2.33. The van der Waals surface area contributed by atoms with E-state index in [-0.39, 0.29) is 0 Å². The van der Waals surface area contributed by atoms with Crippen LogP contribution in [0.2, 0.25) is 0 Å². The molecule has 0 fully saturated rings. The number of para-hydroxylation sites is 3. The second-order valence-corrected chi connectivity index (χ2v) is 11.6. The molecule has 1 aliphatic heterocycles. The lowest BCUT2D eigenvalue weighted by molar-refractivity contribution is -0.665. The fourth-order valence-corrected chi connectivity index (χ4v) is 7.75. The summed E-state index contributed by atoms with van der Waals surface area (Å²) < 4.78 is 4.90. The highest BCUT2D eigenvalue weighted by Crippen LogP contribution is 2.45. The van der Waals surface area contributed by atoms with Crippen molar-refractivity contribution in [3.8, 4) is 0 Å². The number of benzene rings is 3. The third kappa shape index (κ3) is 4.30. The molecule has 36 heavy (non-hydrogen) atoms. The second kappa shape index (κ2) is 10.1. The first-order valence-electron chi connectivity index (χ1n) is 12.2. The van der Waals surface area contributed by atoms with Crippen LogP contribution in [-0.4, -0.2) is 11.5 Å². The summed E-state index contributed by atoms with van der Waals surface area (Å²) in [7, 11) is 0. The van der Waals surface area contributed by atoms with Crippen LogP contribution in [0.25, 0.3) is 32.1 Å². The van der Waals surface area contributed by atoms with E-state index in [0.29, 0.717) is 0 Å². The number of allylic oxidation sites excluding steroid dienone is 4. The summed E-state index contributed by atoms with van der Waals surface area (Å²) in [6, 6.07) is 25.6. The first kappa shape index (κ1) is 23.2. The highest BCUT2D eigenvalue weighted by Gasteiger charge is 2.23. The molecule has 0 spiro atoms. The van der Waals surface area contributed by atoms with Crippen LogP contribution < -0.4 is 9.47 Å². The molecule has 0 bridgehead atoms. The standard InChI is InChI=1S/C30H26N3S3/c1-3-32-23-12-6-9-15-26(23)34-28(32)19-17-21(30-31-22-11-5-8-14-25(22)36-30)18-20-29-33(4-2)24-13-7-10-16-27(24)35-29/h5-20H,3-4H2,1-2H3/q+1. The third-order valence-electron chi connectivity index (χ3n) is 6.26. The largest absolute Gasteiger partial charge is 0.335 e. The number of thioether (sulfide) groups is 1. The number of aromatic nitrogens is 2. The number of hydrogen-bond donors (Lipinski definition) is 0.